The monoisotopic (exact) mass is 338 g/mol. The van der Waals surface area contributed by atoms with Crippen molar-refractivity contribution in [2.75, 3.05) is 20.3 Å². The Hall–Kier alpha value is -1.66. The minimum Gasteiger partial charge on any atom is -0.458 e. The molecule has 20 heavy (non-hydrogen) atoms. The third kappa shape index (κ3) is 3.68. The number of aromatic nitrogens is 1. The first-order valence-electron chi connectivity index (χ1n) is 6.13. The number of furan rings is 1. The maximum absolute atomic E-state index is 12.5. The van der Waals surface area contributed by atoms with Crippen molar-refractivity contribution in [1.29, 1.82) is 0 Å². The molecule has 106 valence electrons. The number of halogens is 1. The predicted octanol–water partition coefficient (Wildman–Crippen LogP) is 2.73. The molecule has 0 N–H and O–H groups in total. The molecule has 0 aliphatic carbocycles. The predicted molar refractivity (Wildman–Crippen MR) is 77.3 cm³/mol. The van der Waals surface area contributed by atoms with Crippen LogP contribution in [0.4, 0.5) is 0 Å². The average Bonchev–Trinajstić information content (AvgIpc) is 2.90. The summed E-state index contributed by atoms with van der Waals surface area (Å²) in [5.41, 5.74) is 0.819. The SMILES string of the molecule is COCCN(Cc1ccccn1)C(=O)c1occc1Br. The Labute approximate surface area is 125 Å². The summed E-state index contributed by atoms with van der Waals surface area (Å²) in [7, 11) is 1.60. The van der Waals surface area contributed by atoms with Crippen molar-refractivity contribution in [2.24, 2.45) is 0 Å². The molecule has 6 heteroatoms. The smallest absolute Gasteiger partial charge is 0.291 e. The zero-order valence-electron chi connectivity index (χ0n) is 11.1. The van der Waals surface area contributed by atoms with Gasteiger partial charge in [-0.1, -0.05) is 6.07 Å². The highest BCUT2D eigenvalue weighted by atomic mass is 79.9. The van der Waals surface area contributed by atoms with Gasteiger partial charge in [-0.2, -0.15) is 0 Å². The molecule has 0 unspecified atom stereocenters. The molecule has 0 saturated carbocycles. The Bertz CT molecular complexity index is 557. The highest BCUT2D eigenvalue weighted by Crippen LogP contribution is 2.20. The lowest BCUT2D eigenvalue weighted by atomic mass is 10.3. The van der Waals surface area contributed by atoms with E-state index in [9.17, 15) is 4.79 Å². The van der Waals surface area contributed by atoms with Crippen LogP contribution in [-0.4, -0.2) is 36.1 Å². The second-order valence-electron chi connectivity index (χ2n) is 4.14. The van der Waals surface area contributed by atoms with Crippen LogP contribution in [0.3, 0.4) is 0 Å². The number of ether oxygens (including phenoxy) is 1. The molecule has 0 aromatic carbocycles. The van der Waals surface area contributed by atoms with E-state index in [1.54, 1.807) is 24.3 Å². The number of hydrogen-bond acceptors (Lipinski definition) is 4. The van der Waals surface area contributed by atoms with Gasteiger partial charge in [0.15, 0.2) is 0 Å². The zero-order chi connectivity index (χ0) is 14.4. The molecule has 0 spiro atoms. The van der Waals surface area contributed by atoms with Crippen molar-refractivity contribution in [2.45, 2.75) is 6.54 Å². The summed E-state index contributed by atoms with van der Waals surface area (Å²) in [4.78, 5) is 18.3. The van der Waals surface area contributed by atoms with Crippen LogP contribution >= 0.6 is 15.9 Å². The Balaban J connectivity index is 2.15. The van der Waals surface area contributed by atoms with Gasteiger partial charge in [-0.05, 0) is 34.1 Å². The summed E-state index contributed by atoms with van der Waals surface area (Å²) in [6.07, 6.45) is 3.18. The van der Waals surface area contributed by atoms with E-state index in [2.05, 4.69) is 20.9 Å². The maximum atomic E-state index is 12.5. The fourth-order valence-corrected chi connectivity index (χ4v) is 2.10. The van der Waals surface area contributed by atoms with Crippen LogP contribution in [0.2, 0.25) is 0 Å². The van der Waals surface area contributed by atoms with Crippen molar-refractivity contribution in [3.05, 3.63) is 52.7 Å². The van der Waals surface area contributed by atoms with E-state index >= 15 is 0 Å². The Morgan fingerprint density at radius 3 is 2.90 bits per heavy atom. The molecule has 0 bridgehead atoms. The van der Waals surface area contributed by atoms with E-state index in [0.717, 1.165) is 5.69 Å². The standard InChI is InChI=1S/C14H15BrN2O3/c1-19-9-7-17(10-11-4-2-3-6-16-11)14(18)13-12(15)5-8-20-13/h2-6,8H,7,9-10H2,1H3. The van der Waals surface area contributed by atoms with E-state index in [4.69, 9.17) is 9.15 Å². The molecule has 2 heterocycles. The number of methoxy groups -OCH3 is 1. The van der Waals surface area contributed by atoms with Crippen molar-refractivity contribution in [1.82, 2.24) is 9.88 Å². The quantitative estimate of drug-likeness (QED) is 0.812. The molecular weight excluding hydrogens is 324 g/mol. The molecule has 0 atom stereocenters. The third-order valence-corrected chi connectivity index (χ3v) is 3.37. The van der Waals surface area contributed by atoms with Gasteiger partial charge in [-0.3, -0.25) is 9.78 Å². The van der Waals surface area contributed by atoms with Crippen molar-refractivity contribution >= 4 is 21.8 Å². The van der Waals surface area contributed by atoms with Gasteiger partial charge < -0.3 is 14.1 Å². The van der Waals surface area contributed by atoms with Gasteiger partial charge in [0.25, 0.3) is 5.91 Å². The summed E-state index contributed by atoms with van der Waals surface area (Å²) in [5, 5.41) is 0. The third-order valence-electron chi connectivity index (χ3n) is 2.74. The lowest BCUT2D eigenvalue weighted by molar-refractivity contribution is 0.0645. The van der Waals surface area contributed by atoms with E-state index in [0.29, 0.717) is 24.2 Å². The van der Waals surface area contributed by atoms with Crippen LogP contribution in [0.1, 0.15) is 16.2 Å². The van der Waals surface area contributed by atoms with Gasteiger partial charge >= 0.3 is 0 Å². The normalized spacial score (nSPS) is 10.5. The molecule has 2 aromatic rings. The largest absolute Gasteiger partial charge is 0.458 e. The van der Waals surface area contributed by atoms with E-state index in [-0.39, 0.29) is 11.7 Å². The number of amides is 1. The van der Waals surface area contributed by atoms with Gasteiger partial charge in [0.05, 0.1) is 29.6 Å². The molecule has 0 fully saturated rings. The van der Waals surface area contributed by atoms with Crippen LogP contribution in [0.25, 0.3) is 0 Å². The molecule has 0 saturated heterocycles. The van der Waals surface area contributed by atoms with Gasteiger partial charge in [0.1, 0.15) is 0 Å². The van der Waals surface area contributed by atoms with Crippen LogP contribution in [-0.2, 0) is 11.3 Å². The van der Waals surface area contributed by atoms with Crippen molar-refractivity contribution in [3.63, 3.8) is 0 Å². The fourth-order valence-electron chi connectivity index (χ4n) is 1.73. The summed E-state index contributed by atoms with van der Waals surface area (Å²) in [6.45, 7) is 1.34. The van der Waals surface area contributed by atoms with Gasteiger partial charge in [-0.15, -0.1) is 0 Å². The number of carbonyl (C=O) groups is 1. The number of nitrogens with zero attached hydrogens (tertiary/aromatic N) is 2. The van der Waals surface area contributed by atoms with Crippen molar-refractivity contribution < 1.29 is 13.9 Å². The Morgan fingerprint density at radius 1 is 1.45 bits per heavy atom. The van der Waals surface area contributed by atoms with E-state index < -0.39 is 0 Å². The van der Waals surface area contributed by atoms with Gasteiger partial charge in [0.2, 0.25) is 5.76 Å². The number of carbonyl (C=O) groups excluding carboxylic acids is 1. The molecule has 2 rings (SSSR count). The minimum absolute atomic E-state index is 0.190. The molecule has 2 aromatic heterocycles. The molecule has 0 radical (unpaired) electrons. The first kappa shape index (κ1) is 14.7. The summed E-state index contributed by atoms with van der Waals surface area (Å²) >= 11 is 3.30. The summed E-state index contributed by atoms with van der Waals surface area (Å²) in [5.74, 6) is 0.0987. The maximum Gasteiger partial charge on any atom is 0.291 e. The summed E-state index contributed by atoms with van der Waals surface area (Å²) < 4.78 is 10.9. The second kappa shape index (κ2) is 7.21. The lowest BCUT2D eigenvalue weighted by Crippen LogP contribution is -2.33. The molecule has 0 aliphatic heterocycles. The van der Waals surface area contributed by atoms with Crippen LogP contribution < -0.4 is 0 Å². The lowest BCUT2D eigenvalue weighted by Gasteiger charge is -2.21. The topological polar surface area (TPSA) is 55.6 Å². The van der Waals surface area contributed by atoms with Crippen molar-refractivity contribution in [3.8, 4) is 0 Å². The van der Waals surface area contributed by atoms with E-state index in [1.807, 2.05) is 18.2 Å². The molecular formula is C14H15BrN2O3. The van der Waals surface area contributed by atoms with Crippen LogP contribution in [0.5, 0.6) is 0 Å². The first-order valence-corrected chi connectivity index (χ1v) is 6.92. The fraction of sp³-hybridized carbons (Fsp3) is 0.286. The average molecular weight is 339 g/mol. The van der Waals surface area contributed by atoms with E-state index in [1.165, 1.54) is 6.26 Å². The minimum atomic E-state index is -0.190. The first-order chi connectivity index (χ1) is 9.72. The second-order valence-corrected chi connectivity index (χ2v) is 4.99. The molecule has 1 amide bonds. The molecule has 5 nitrogen and oxygen atoms in total. The number of pyridine rings is 1. The zero-order valence-corrected chi connectivity index (χ0v) is 12.7. The van der Waals surface area contributed by atoms with Crippen LogP contribution in [0.15, 0.2) is 45.6 Å². The van der Waals surface area contributed by atoms with Crippen LogP contribution in [0, 0.1) is 0 Å². The summed E-state index contributed by atoms with van der Waals surface area (Å²) in [6, 6.07) is 7.31. The highest BCUT2D eigenvalue weighted by Gasteiger charge is 2.21. The molecule has 0 aliphatic rings. The Morgan fingerprint density at radius 2 is 2.30 bits per heavy atom. The van der Waals surface area contributed by atoms with Gasteiger partial charge in [0, 0.05) is 19.9 Å². The number of hydrogen-bond donors (Lipinski definition) is 0. The highest BCUT2D eigenvalue weighted by molar-refractivity contribution is 9.10. The number of rotatable bonds is 6. The van der Waals surface area contributed by atoms with Gasteiger partial charge in [-0.25, -0.2) is 0 Å². The Kier molecular flexibility index (Phi) is 5.31.